The van der Waals surface area contributed by atoms with Crippen molar-refractivity contribution in [2.75, 3.05) is 66.4 Å². The first-order chi connectivity index (χ1) is 17.1. The SMILES string of the molecule is CCOC(=O)CCOCCOCCOCCN(C)C(=O)OCC1c2ccccc2-c2ccccc21. The topological polar surface area (TPSA) is 83.5 Å². The number of nitrogens with zero attached hydrogens (tertiary/aromatic N) is 1. The van der Waals surface area contributed by atoms with Gasteiger partial charge in [-0.2, -0.15) is 0 Å². The first kappa shape index (κ1) is 26.7. The lowest BCUT2D eigenvalue weighted by molar-refractivity contribution is -0.144. The molecule has 1 amide bonds. The Hall–Kier alpha value is -2.94. The quantitative estimate of drug-likeness (QED) is 0.280. The lowest BCUT2D eigenvalue weighted by Crippen LogP contribution is -2.32. The van der Waals surface area contributed by atoms with E-state index in [4.69, 9.17) is 23.7 Å². The van der Waals surface area contributed by atoms with E-state index < -0.39 is 0 Å². The van der Waals surface area contributed by atoms with Crippen LogP contribution in [-0.2, 0) is 28.5 Å². The van der Waals surface area contributed by atoms with E-state index in [0.717, 1.165) is 0 Å². The average Bonchev–Trinajstić information content (AvgIpc) is 3.19. The van der Waals surface area contributed by atoms with Gasteiger partial charge in [-0.3, -0.25) is 4.79 Å². The van der Waals surface area contributed by atoms with Crippen molar-refractivity contribution in [3.8, 4) is 11.1 Å². The van der Waals surface area contributed by atoms with Gasteiger partial charge in [0.05, 0.1) is 52.7 Å². The molecule has 0 fully saturated rings. The normalized spacial score (nSPS) is 12.2. The molecule has 0 atom stereocenters. The smallest absolute Gasteiger partial charge is 0.409 e. The van der Waals surface area contributed by atoms with E-state index in [-0.39, 0.29) is 24.4 Å². The third-order valence-corrected chi connectivity index (χ3v) is 5.72. The molecule has 0 aromatic heterocycles. The van der Waals surface area contributed by atoms with Crippen LogP contribution in [0.3, 0.4) is 0 Å². The summed E-state index contributed by atoms with van der Waals surface area (Å²) >= 11 is 0. The van der Waals surface area contributed by atoms with E-state index >= 15 is 0 Å². The number of ether oxygens (including phenoxy) is 5. The Morgan fingerprint density at radius 2 is 1.31 bits per heavy atom. The number of hydrogen-bond acceptors (Lipinski definition) is 7. The second-order valence-corrected chi connectivity index (χ2v) is 8.12. The third kappa shape index (κ3) is 8.06. The number of carbonyl (C=O) groups excluding carboxylic acids is 2. The second kappa shape index (κ2) is 14.5. The number of amides is 1. The highest BCUT2D eigenvalue weighted by Crippen LogP contribution is 2.44. The van der Waals surface area contributed by atoms with Crippen molar-refractivity contribution in [1.82, 2.24) is 4.90 Å². The van der Waals surface area contributed by atoms with Gasteiger partial charge in [0.1, 0.15) is 6.61 Å². The summed E-state index contributed by atoms with van der Waals surface area (Å²) in [4.78, 5) is 25.2. The standard InChI is InChI=1S/C27H35NO7/c1-3-34-26(29)12-14-31-16-18-33-19-17-32-15-13-28(2)27(30)35-20-25-23-10-6-4-8-21(23)22-9-5-7-11-24(22)25/h4-11,25H,3,12-20H2,1-2H3. The van der Waals surface area contributed by atoms with Crippen LogP contribution in [0.2, 0.25) is 0 Å². The molecule has 190 valence electrons. The molecule has 0 radical (unpaired) electrons. The maximum absolute atomic E-state index is 12.5. The van der Waals surface area contributed by atoms with Crippen LogP contribution >= 0.6 is 0 Å². The summed E-state index contributed by atoms with van der Waals surface area (Å²) in [6, 6.07) is 16.5. The summed E-state index contributed by atoms with van der Waals surface area (Å²) in [5, 5.41) is 0. The number of hydrogen-bond donors (Lipinski definition) is 0. The van der Waals surface area contributed by atoms with Crippen LogP contribution in [0.5, 0.6) is 0 Å². The molecule has 0 bridgehead atoms. The maximum Gasteiger partial charge on any atom is 0.409 e. The van der Waals surface area contributed by atoms with Crippen molar-refractivity contribution in [3.05, 3.63) is 59.7 Å². The Morgan fingerprint density at radius 3 is 1.91 bits per heavy atom. The van der Waals surface area contributed by atoms with Crippen LogP contribution in [0.4, 0.5) is 4.79 Å². The Labute approximate surface area is 207 Å². The molecule has 3 rings (SSSR count). The van der Waals surface area contributed by atoms with Crippen molar-refractivity contribution in [1.29, 1.82) is 0 Å². The summed E-state index contributed by atoms with van der Waals surface area (Å²) in [5.41, 5.74) is 4.79. The van der Waals surface area contributed by atoms with Crippen LogP contribution < -0.4 is 0 Å². The largest absolute Gasteiger partial charge is 0.466 e. The minimum atomic E-state index is -0.369. The predicted octanol–water partition coefficient (Wildman–Crippen LogP) is 3.87. The summed E-state index contributed by atoms with van der Waals surface area (Å²) in [5.74, 6) is -0.216. The predicted molar refractivity (Wildman–Crippen MR) is 131 cm³/mol. The first-order valence-corrected chi connectivity index (χ1v) is 12.1. The van der Waals surface area contributed by atoms with E-state index in [0.29, 0.717) is 59.4 Å². The lowest BCUT2D eigenvalue weighted by Gasteiger charge is -2.19. The molecule has 8 heteroatoms. The lowest BCUT2D eigenvalue weighted by atomic mass is 9.98. The number of likely N-dealkylation sites (N-methyl/N-ethyl adjacent to an activating group) is 1. The number of esters is 1. The van der Waals surface area contributed by atoms with Gasteiger partial charge in [0.25, 0.3) is 0 Å². The molecule has 0 saturated heterocycles. The van der Waals surface area contributed by atoms with Crippen LogP contribution in [0.1, 0.15) is 30.4 Å². The zero-order chi connectivity index (χ0) is 24.9. The van der Waals surface area contributed by atoms with E-state index in [1.165, 1.54) is 27.2 Å². The Balaban J connectivity index is 1.25. The van der Waals surface area contributed by atoms with Gasteiger partial charge in [0, 0.05) is 19.5 Å². The molecule has 0 N–H and O–H groups in total. The summed E-state index contributed by atoms with van der Waals surface area (Å²) in [6.45, 7) is 5.26. The van der Waals surface area contributed by atoms with Gasteiger partial charge < -0.3 is 28.6 Å². The zero-order valence-corrected chi connectivity index (χ0v) is 20.6. The fourth-order valence-corrected chi connectivity index (χ4v) is 3.93. The Bertz CT molecular complexity index is 903. The van der Waals surface area contributed by atoms with Gasteiger partial charge in [0.2, 0.25) is 0 Å². The number of benzene rings is 2. The van der Waals surface area contributed by atoms with Gasteiger partial charge >= 0.3 is 12.1 Å². The molecule has 0 heterocycles. The van der Waals surface area contributed by atoms with E-state index in [9.17, 15) is 9.59 Å². The van der Waals surface area contributed by atoms with Crippen LogP contribution in [-0.4, -0.2) is 83.4 Å². The van der Waals surface area contributed by atoms with E-state index in [1.807, 2.05) is 24.3 Å². The van der Waals surface area contributed by atoms with E-state index in [1.54, 1.807) is 14.0 Å². The fraction of sp³-hybridized carbons (Fsp3) is 0.481. The summed E-state index contributed by atoms with van der Waals surface area (Å²) in [6.07, 6.45) is -0.125. The van der Waals surface area contributed by atoms with Crippen molar-refractivity contribution in [2.45, 2.75) is 19.3 Å². The third-order valence-electron chi connectivity index (χ3n) is 5.72. The Morgan fingerprint density at radius 1 is 0.771 bits per heavy atom. The molecule has 1 aliphatic rings. The molecule has 0 unspecified atom stereocenters. The van der Waals surface area contributed by atoms with Crippen molar-refractivity contribution in [2.24, 2.45) is 0 Å². The summed E-state index contributed by atoms with van der Waals surface area (Å²) in [7, 11) is 1.70. The molecular formula is C27H35NO7. The van der Waals surface area contributed by atoms with Gasteiger partial charge in [-0.15, -0.1) is 0 Å². The van der Waals surface area contributed by atoms with Gasteiger partial charge in [-0.1, -0.05) is 48.5 Å². The molecule has 0 spiro atoms. The second-order valence-electron chi connectivity index (χ2n) is 8.12. The zero-order valence-electron chi connectivity index (χ0n) is 20.6. The van der Waals surface area contributed by atoms with Gasteiger partial charge in [-0.05, 0) is 29.2 Å². The van der Waals surface area contributed by atoms with Crippen molar-refractivity contribution < 1.29 is 33.3 Å². The molecule has 0 saturated carbocycles. The molecule has 1 aliphatic carbocycles. The van der Waals surface area contributed by atoms with Crippen molar-refractivity contribution in [3.63, 3.8) is 0 Å². The van der Waals surface area contributed by atoms with Gasteiger partial charge in [-0.25, -0.2) is 4.79 Å². The number of fused-ring (bicyclic) bond motifs is 3. The van der Waals surface area contributed by atoms with Crippen LogP contribution in [0, 0.1) is 0 Å². The monoisotopic (exact) mass is 485 g/mol. The highest BCUT2D eigenvalue weighted by Gasteiger charge is 2.29. The number of carbonyl (C=O) groups is 2. The minimum absolute atomic E-state index is 0.0438. The maximum atomic E-state index is 12.5. The highest BCUT2D eigenvalue weighted by atomic mass is 16.6. The van der Waals surface area contributed by atoms with Gasteiger partial charge in [0.15, 0.2) is 0 Å². The van der Waals surface area contributed by atoms with Crippen molar-refractivity contribution >= 4 is 12.1 Å². The molecular weight excluding hydrogens is 450 g/mol. The average molecular weight is 486 g/mol. The van der Waals surface area contributed by atoms with Crippen LogP contribution in [0.25, 0.3) is 11.1 Å². The molecule has 0 aliphatic heterocycles. The summed E-state index contributed by atoms with van der Waals surface area (Å²) < 4.78 is 26.7. The minimum Gasteiger partial charge on any atom is -0.466 e. The number of rotatable bonds is 15. The Kier molecular flexibility index (Phi) is 11.0. The molecule has 2 aromatic rings. The first-order valence-electron chi connectivity index (χ1n) is 12.1. The van der Waals surface area contributed by atoms with E-state index in [2.05, 4.69) is 24.3 Å². The molecule has 35 heavy (non-hydrogen) atoms. The highest BCUT2D eigenvalue weighted by molar-refractivity contribution is 5.79. The molecule has 8 nitrogen and oxygen atoms in total. The molecule has 2 aromatic carbocycles. The fourth-order valence-electron chi connectivity index (χ4n) is 3.93. The van der Waals surface area contributed by atoms with Crippen LogP contribution in [0.15, 0.2) is 48.5 Å².